The topological polar surface area (TPSA) is 80.4 Å². The Balaban J connectivity index is 2.54. The van der Waals surface area contributed by atoms with Crippen LogP contribution in [0, 0.1) is 0 Å². The predicted molar refractivity (Wildman–Crippen MR) is 52.7 cm³/mol. The van der Waals surface area contributed by atoms with Crippen LogP contribution in [0.5, 0.6) is 0 Å². The molecule has 4 nitrogen and oxygen atoms in total. The molecule has 3 N–H and O–H groups in total. The number of carbonyl (C=O) groups is 2. The first-order valence-corrected chi connectivity index (χ1v) is 5.06. The minimum atomic E-state index is -0.991. The fourth-order valence-corrected chi connectivity index (χ4v) is 2.85. The van der Waals surface area contributed by atoms with Crippen LogP contribution in [0.3, 0.4) is 0 Å². The number of carbonyl (C=O) groups excluding carboxylic acids is 1. The van der Waals surface area contributed by atoms with Crippen molar-refractivity contribution in [3.8, 4) is 0 Å². The van der Waals surface area contributed by atoms with E-state index in [1.807, 2.05) is 0 Å². The van der Waals surface area contributed by atoms with Gasteiger partial charge in [-0.05, 0) is 12.0 Å². The minimum absolute atomic E-state index is 0.163. The summed E-state index contributed by atoms with van der Waals surface area (Å²) >= 11 is 1.22. The third-order valence-electron chi connectivity index (χ3n) is 2.34. The van der Waals surface area contributed by atoms with Gasteiger partial charge in [-0.2, -0.15) is 0 Å². The van der Waals surface area contributed by atoms with E-state index in [9.17, 15) is 9.59 Å². The van der Waals surface area contributed by atoms with Crippen LogP contribution in [-0.4, -0.2) is 16.9 Å². The van der Waals surface area contributed by atoms with Gasteiger partial charge >= 0.3 is 5.97 Å². The van der Waals surface area contributed by atoms with Crippen molar-refractivity contribution in [1.82, 2.24) is 0 Å². The van der Waals surface area contributed by atoms with E-state index >= 15 is 0 Å². The molecular formula is C9H9NO3S. The normalized spacial score (nSPS) is 15.3. The number of aromatic carboxylic acids is 1. The van der Waals surface area contributed by atoms with Gasteiger partial charge in [-0.1, -0.05) is 0 Å². The Labute approximate surface area is 84.3 Å². The minimum Gasteiger partial charge on any atom is -0.478 e. The predicted octanol–water partition coefficient (Wildman–Crippen LogP) is 1.09. The fourth-order valence-electron chi connectivity index (χ4n) is 1.71. The number of ketones is 1. The van der Waals surface area contributed by atoms with Crippen LogP contribution in [0.4, 0.5) is 5.00 Å². The average molecular weight is 211 g/mol. The Morgan fingerprint density at radius 2 is 2.14 bits per heavy atom. The molecule has 1 aliphatic rings. The van der Waals surface area contributed by atoms with Crippen LogP contribution in [-0.2, 0) is 17.6 Å². The molecule has 0 saturated carbocycles. The standard InChI is InChI=1S/C9H9NO3S/c10-8-7(9(12)13)5-2-1-4(11)3-6(5)14-8/h1-3,10H2,(H,12,13). The maximum absolute atomic E-state index is 11.1. The Kier molecular flexibility index (Phi) is 2.03. The lowest BCUT2D eigenvalue weighted by Gasteiger charge is -2.09. The van der Waals surface area contributed by atoms with Gasteiger partial charge in [0.25, 0.3) is 0 Å². The summed E-state index contributed by atoms with van der Waals surface area (Å²) < 4.78 is 0. The van der Waals surface area contributed by atoms with Crippen LogP contribution in [0.25, 0.3) is 0 Å². The summed E-state index contributed by atoms with van der Waals surface area (Å²) in [6.07, 6.45) is 1.30. The van der Waals surface area contributed by atoms with Crippen LogP contribution < -0.4 is 5.73 Å². The van der Waals surface area contributed by atoms with Crippen molar-refractivity contribution in [3.63, 3.8) is 0 Å². The number of carboxylic acids is 1. The number of rotatable bonds is 1. The van der Waals surface area contributed by atoms with Gasteiger partial charge in [0.05, 0.1) is 5.56 Å². The lowest BCUT2D eigenvalue weighted by atomic mass is 9.95. The van der Waals surface area contributed by atoms with Gasteiger partial charge in [-0.15, -0.1) is 11.3 Å². The first-order chi connectivity index (χ1) is 6.59. The summed E-state index contributed by atoms with van der Waals surface area (Å²) in [5.41, 5.74) is 6.56. The Morgan fingerprint density at radius 1 is 1.43 bits per heavy atom. The Hall–Kier alpha value is -1.36. The molecule has 0 aliphatic heterocycles. The second kappa shape index (κ2) is 3.09. The van der Waals surface area contributed by atoms with Crippen LogP contribution in [0.1, 0.15) is 27.2 Å². The molecule has 0 spiro atoms. The highest BCUT2D eigenvalue weighted by molar-refractivity contribution is 7.16. The third kappa shape index (κ3) is 1.29. The third-order valence-corrected chi connectivity index (χ3v) is 3.40. The lowest BCUT2D eigenvalue weighted by molar-refractivity contribution is -0.118. The molecule has 14 heavy (non-hydrogen) atoms. The van der Waals surface area contributed by atoms with Gasteiger partial charge < -0.3 is 10.8 Å². The van der Waals surface area contributed by atoms with Crippen molar-refractivity contribution in [3.05, 3.63) is 16.0 Å². The largest absolute Gasteiger partial charge is 0.478 e. The number of nitrogen functional groups attached to an aromatic ring is 1. The average Bonchev–Trinajstić information content (AvgIpc) is 2.39. The second-order valence-electron chi connectivity index (χ2n) is 3.26. The van der Waals surface area contributed by atoms with E-state index in [2.05, 4.69) is 0 Å². The molecule has 0 aromatic carbocycles. The number of fused-ring (bicyclic) bond motifs is 1. The molecule has 2 rings (SSSR count). The summed E-state index contributed by atoms with van der Waals surface area (Å²) in [5, 5.41) is 9.24. The van der Waals surface area contributed by atoms with E-state index in [0.717, 1.165) is 10.4 Å². The van der Waals surface area contributed by atoms with E-state index in [-0.39, 0.29) is 11.3 Å². The summed E-state index contributed by atoms with van der Waals surface area (Å²) in [6.45, 7) is 0. The van der Waals surface area contributed by atoms with Crippen molar-refractivity contribution < 1.29 is 14.7 Å². The van der Waals surface area contributed by atoms with Gasteiger partial charge in [-0.25, -0.2) is 4.79 Å². The highest BCUT2D eigenvalue weighted by atomic mass is 32.1. The highest BCUT2D eigenvalue weighted by Crippen LogP contribution is 2.35. The van der Waals surface area contributed by atoms with Gasteiger partial charge in [0.15, 0.2) is 0 Å². The van der Waals surface area contributed by atoms with Crippen LogP contribution in [0.2, 0.25) is 0 Å². The monoisotopic (exact) mass is 211 g/mol. The maximum atomic E-state index is 11.1. The molecule has 0 fully saturated rings. The van der Waals surface area contributed by atoms with Crippen molar-refractivity contribution in [2.45, 2.75) is 19.3 Å². The molecule has 0 radical (unpaired) electrons. The summed E-state index contributed by atoms with van der Waals surface area (Å²) in [5.74, 6) is -0.829. The van der Waals surface area contributed by atoms with Gasteiger partial charge in [-0.3, -0.25) is 4.79 Å². The zero-order chi connectivity index (χ0) is 10.3. The first kappa shape index (κ1) is 9.21. The molecule has 0 amide bonds. The van der Waals surface area contributed by atoms with Crippen molar-refractivity contribution in [2.24, 2.45) is 0 Å². The van der Waals surface area contributed by atoms with Crippen LogP contribution in [0.15, 0.2) is 0 Å². The molecule has 0 saturated heterocycles. The molecular weight excluding hydrogens is 202 g/mol. The maximum Gasteiger partial charge on any atom is 0.338 e. The smallest absolute Gasteiger partial charge is 0.338 e. The summed E-state index contributed by atoms with van der Waals surface area (Å²) in [6, 6.07) is 0. The van der Waals surface area contributed by atoms with Crippen molar-refractivity contribution in [1.29, 1.82) is 0 Å². The fraction of sp³-hybridized carbons (Fsp3) is 0.333. The number of carboxylic acid groups (broad SMARTS) is 1. The molecule has 0 unspecified atom stereocenters. The van der Waals surface area contributed by atoms with E-state index in [0.29, 0.717) is 24.3 Å². The molecule has 74 valence electrons. The van der Waals surface area contributed by atoms with E-state index < -0.39 is 5.97 Å². The Morgan fingerprint density at radius 3 is 2.79 bits per heavy atom. The van der Waals surface area contributed by atoms with Gasteiger partial charge in [0, 0.05) is 17.7 Å². The van der Waals surface area contributed by atoms with Gasteiger partial charge in [0.1, 0.15) is 10.8 Å². The lowest BCUT2D eigenvalue weighted by Crippen LogP contribution is -2.13. The second-order valence-corrected chi connectivity index (χ2v) is 4.40. The zero-order valence-electron chi connectivity index (χ0n) is 7.37. The van der Waals surface area contributed by atoms with E-state index in [1.165, 1.54) is 11.3 Å². The van der Waals surface area contributed by atoms with Gasteiger partial charge in [0.2, 0.25) is 0 Å². The molecule has 0 atom stereocenters. The van der Waals surface area contributed by atoms with E-state index in [4.69, 9.17) is 10.8 Å². The Bertz CT molecular complexity index is 422. The molecule has 1 aromatic heterocycles. The number of anilines is 1. The number of hydrogen-bond acceptors (Lipinski definition) is 4. The first-order valence-electron chi connectivity index (χ1n) is 4.24. The quantitative estimate of drug-likeness (QED) is 0.728. The SMILES string of the molecule is Nc1sc2c(c1C(=O)O)CCC(=O)C2. The molecule has 5 heteroatoms. The zero-order valence-corrected chi connectivity index (χ0v) is 8.19. The summed E-state index contributed by atoms with van der Waals surface area (Å²) in [4.78, 5) is 22.8. The van der Waals surface area contributed by atoms with Crippen molar-refractivity contribution in [2.75, 3.05) is 5.73 Å². The molecule has 1 aromatic rings. The number of nitrogens with two attached hydrogens (primary N) is 1. The van der Waals surface area contributed by atoms with Crippen LogP contribution >= 0.6 is 11.3 Å². The molecule has 1 aliphatic carbocycles. The number of thiophene rings is 1. The molecule has 0 bridgehead atoms. The highest BCUT2D eigenvalue weighted by Gasteiger charge is 2.26. The molecule has 1 heterocycles. The van der Waals surface area contributed by atoms with E-state index in [1.54, 1.807) is 0 Å². The van der Waals surface area contributed by atoms with Crippen molar-refractivity contribution >= 4 is 28.1 Å². The number of hydrogen-bond donors (Lipinski definition) is 2. The number of Topliss-reactive ketones (excluding diaryl/α,β-unsaturated/α-hetero) is 1. The summed E-state index contributed by atoms with van der Waals surface area (Å²) in [7, 11) is 0.